The molecule has 0 unspecified atom stereocenters. The third-order valence-corrected chi connectivity index (χ3v) is 3.24. The molecule has 5 heteroatoms. The van der Waals surface area contributed by atoms with Gasteiger partial charge in [0.15, 0.2) is 0 Å². The molecule has 2 atom stereocenters. The van der Waals surface area contributed by atoms with Crippen LogP contribution >= 0.6 is 0 Å². The van der Waals surface area contributed by atoms with Crippen LogP contribution in [0.2, 0.25) is 0 Å². The van der Waals surface area contributed by atoms with Crippen molar-refractivity contribution >= 4 is 17.4 Å². The number of hydrogen-bond acceptors (Lipinski definition) is 3. The molecule has 1 aliphatic heterocycles. The molecule has 0 fully saturated rings. The van der Waals surface area contributed by atoms with Gasteiger partial charge in [-0.3, -0.25) is 9.59 Å². The van der Waals surface area contributed by atoms with Crippen LogP contribution in [-0.2, 0) is 9.59 Å². The molecule has 20 heavy (non-hydrogen) atoms. The second kappa shape index (κ2) is 6.34. The van der Waals surface area contributed by atoms with Crippen molar-refractivity contribution < 1.29 is 9.59 Å². The van der Waals surface area contributed by atoms with Gasteiger partial charge >= 0.3 is 0 Å². The third-order valence-electron chi connectivity index (χ3n) is 3.24. The molecule has 0 saturated heterocycles. The summed E-state index contributed by atoms with van der Waals surface area (Å²) in [4.78, 5) is 23.5. The summed E-state index contributed by atoms with van der Waals surface area (Å²) >= 11 is 0. The summed E-state index contributed by atoms with van der Waals surface area (Å²) in [5.74, 6) is -0.497. The minimum atomic E-state index is -0.622. The number of carbonyl (C=O) groups is 2. The summed E-state index contributed by atoms with van der Waals surface area (Å²) in [6, 6.07) is 8.68. The van der Waals surface area contributed by atoms with E-state index in [1.165, 1.54) is 0 Å². The first-order valence-corrected chi connectivity index (χ1v) is 6.66. The van der Waals surface area contributed by atoms with Crippen LogP contribution in [0, 0.1) is 0 Å². The molecule has 0 aliphatic carbocycles. The number of amides is 2. The van der Waals surface area contributed by atoms with Gasteiger partial charge in [-0.1, -0.05) is 36.4 Å². The monoisotopic (exact) mass is 273 g/mol. The van der Waals surface area contributed by atoms with Gasteiger partial charge in [-0.2, -0.15) is 0 Å². The first-order valence-electron chi connectivity index (χ1n) is 6.66. The van der Waals surface area contributed by atoms with Gasteiger partial charge < -0.3 is 16.4 Å². The molecule has 1 aliphatic rings. The standard InChI is InChI=1S/C15H19N3O2/c1-10(16)14(19)18-13-8-7-12(9-17-15(13)20)11-5-3-2-4-6-11/h2-7,10,13H,8-9,16H2,1H3,(H,17,20)(H,18,19)/t10-,13-/m0/s1. The predicted octanol–water partition coefficient (Wildman–Crippen LogP) is 0.422. The molecule has 1 aromatic carbocycles. The average molecular weight is 273 g/mol. The maximum Gasteiger partial charge on any atom is 0.243 e. The van der Waals surface area contributed by atoms with Crippen molar-refractivity contribution in [1.29, 1.82) is 0 Å². The molecular formula is C15H19N3O2. The zero-order valence-corrected chi connectivity index (χ0v) is 11.4. The van der Waals surface area contributed by atoms with Crippen molar-refractivity contribution in [2.45, 2.75) is 25.4 Å². The number of benzene rings is 1. The fourth-order valence-corrected chi connectivity index (χ4v) is 2.04. The Morgan fingerprint density at radius 2 is 2.10 bits per heavy atom. The first kappa shape index (κ1) is 14.3. The highest BCUT2D eigenvalue weighted by Crippen LogP contribution is 2.16. The van der Waals surface area contributed by atoms with Gasteiger partial charge in [0.2, 0.25) is 11.8 Å². The van der Waals surface area contributed by atoms with Gasteiger partial charge in [-0.15, -0.1) is 0 Å². The molecule has 106 valence electrons. The van der Waals surface area contributed by atoms with E-state index in [2.05, 4.69) is 10.6 Å². The van der Waals surface area contributed by atoms with Crippen molar-refractivity contribution in [3.63, 3.8) is 0 Å². The molecule has 0 spiro atoms. The first-order chi connectivity index (χ1) is 9.58. The molecule has 5 nitrogen and oxygen atoms in total. The van der Waals surface area contributed by atoms with E-state index in [-0.39, 0.29) is 11.8 Å². The Morgan fingerprint density at radius 3 is 2.75 bits per heavy atom. The Hall–Kier alpha value is -2.14. The predicted molar refractivity (Wildman–Crippen MR) is 77.6 cm³/mol. The van der Waals surface area contributed by atoms with Crippen LogP contribution in [-0.4, -0.2) is 30.4 Å². The average Bonchev–Trinajstić information content (AvgIpc) is 2.63. The van der Waals surface area contributed by atoms with Crippen LogP contribution in [0.15, 0.2) is 36.4 Å². The minimum absolute atomic E-state index is 0.179. The van der Waals surface area contributed by atoms with Crippen LogP contribution in [0.1, 0.15) is 18.9 Å². The van der Waals surface area contributed by atoms with E-state index >= 15 is 0 Å². The lowest BCUT2D eigenvalue weighted by atomic mass is 10.0. The summed E-state index contributed by atoms with van der Waals surface area (Å²) in [6.45, 7) is 2.06. The van der Waals surface area contributed by atoms with E-state index in [4.69, 9.17) is 5.73 Å². The SMILES string of the molecule is C[C@H](N)C(=O)N[C@H]1CC=C(c2ccccc2)CNC1=O. The summed E-state index contributed by atoms with van der Waals surface area (Å²) in [6.07, 6.45) is 2.45. The van der Waals surface area contributed by atoms with E-state index in [1.54, 1.807) is 6.92 Å². The molecule has 2 amide bonds. The zero-order chi connectivity index (χ0) is 14.5. The molecule has 4 N–H and O–H groups in total. The normalized spacial score (nSPS) is 20.4. The summed E-state index contributed by atoms with van der Waals surface area (Å²) in [5, 5.41) is 5.48. The van der Waals surface area contributed by atoms with Crippen LogP contribution in [0.5, 0.6) is 0 Å². The lowest BCUT2D eigenvalue weighted by Gasteiger charge is -2.16. The van der Waals surface area contributed by atoms with Crippen LogP contribution in [0.4, 0.5) is 0 Å². The lowest BCUT2D eigenvalue weighted by Crippen LogP contribution is -2.50. The Labute approximate surface area is 118 Å². The number of rotatable bonds is 3. The third kappa shape index (κ3) is 3.45. The highest BCUT2D eigenvalue weighted by molar-refractivity contribution is 5.91. The number of hydrogen-bond donors (Lipinski definition) is 3. The fourth-order valence-electron chi connectivity index (χ4n) is 2.04. The molecule has 0 bridgehead atoms. The van der Waals surface area contributed by atoms with Gasteiger partial charge in [0.1, 0.15) is 6.04 Å². The number of carbonyl (C=O) groups excluding carboxylic acids is 2. The number of nitrogens with two attached hydrogens (primary N) is 1. The highest BCUT2D eigenvalue weighted by atomic mass is 16.2. The summed E-state index contributed by atoms with van der Waals surface area (Å²) in [5.41, 5.74) is 7.63. The van der Waals surface area contributed by atoms with Crippen molar-refractivity contribution in [1.82, 2.24) is 10.6 Å². The van der Waals surface area contributed by atoms with E-state index in [0.29, 0.717) is 13.0 Å². The van der Waals surface area contributed by atoms with E-state index in [9.17, 15) is 9.59 Å². The topological polar surface area (TPSA) is 84.2 Å². The van der Waals surface area contributed by atoms with Gasteiger partial charge in [0.25, 0.3) is 0 Å². The summed E-state index contributed by atoms with van der Waals surface area (Å²) in [7, 11) is 0. The number of nitrogens with one attached hydrogen (secondary N) is 2. The Bertz CT molecular complexity index is 523. The van der Waals surface area contributed by atoms with Gasteiger partial charge in [0.05, 0.1) is 6.04 Å². The summed E-state index contributed by atoms with van der Waals surface area (Å²) < 4.78 is 0. The maximum absolute atomic E-state index is 11.9. The molecule has 0 aromatic heterocycles. The smallest absolute Gasteiger partial charge is 0.243 e. The molecule has 0 saturated carbocycles. The lowest BCUT2D eigenvalue weighted by molar-refractivity contribution is -0.129. The van der Waals surface area contributed by atoms with E-state index < -0.39 is 12.1 Å². The van der Waals surface area contributed by atoms with E-state index in [0.717, 1.165) is 11.1 Å². The quantitative estimate of drug-likeness (QED) is 0.746. The van der Waals surface area contributed by atoms with Crippen molar-refractivity contribution in [2.75, 3.05) is 6.54 Å². The Balaban J connectivity index is 2.10. The molecule has 2 rings (SSSR count). The molecule has 0 radical (unpaired) electrons. The minimum Gasteiger partial charge on any atom is -0.350 e. The van der Waals surface area contributed by atoms with Crippen LogP contribution in [0.25, 0.3) is 5.57 Å². The maximum atomic E-state index is 11.9. The molecule has 1 aromatic rings. The van der Waals surface area contributed by atoms with Crippen molar-refractivity contribution in [3.8, 4) is 0 Å². The second-order valence-corrected chi connectivity index (χ2v) is 4.90. The van der Waals surface area contributed by atoms with Crippen molar-refractivity contribution in [3.05, 3.63) is 42.0 Å². The van der Waals surface area contributed by atoms with E-state index in [1.807, 2.05) is 36.4 Å². The van der Waals surface area contributed by atoms with Gasteiger partial charge in [-0.05, 0) is 24.5 Å². The molecule has 1 heterocycles. The van der Waals surface area contributed by atoms with Crippen LogP contribution in [0.3, 0.4) is 0 Å². The molecular weight excluding hydrogens is 254 g/mol. The Kier molecular flexibility index (Phi) is 4.53. The van der Waals surface area contributed by atoms with Gasteiger partial charge in [0, 0.05) is 6.54 Å². The largest absolute Gasteiger partial charge is 0.350 e. The second-order valence-electron chi connectivity index (χ2n) is 4.90. The Morgan fingerprint density at radius 1 is 1.40 bits per heavy atom. The van der Waals surface area contributed by atoms with Crippen LogP contribution < -0.4 is 16.4 Å². The zero-order valence-electron chi connectivity index (χ0n) is 11.4. The fraction of sp³-hybridized carbons (Fsp3) is 0.333. The van der Waals surface area contributed by atoms with Crippen molar-refractivity contribution in [2.24, 2.45) is 5.73 Å². The highest BCUT2D eigenvalue weighted by Gasteiger charge is 2.23. The van der Waals surface area contributed by atoms with Gasteiger partial charge in [-0.25, -0.2) is 0 Å².